The summed E-state index contributed by atoms with van der Waals surface area (Å²) in [7, 11) is -16.7. The minimum Gasteiger partial charge on any atom is -0.387 e. The predicted molar refractivity (Wildman–Crippen MR) is 167 cm³/mol. The third-order valence-electron chi connectivity index (χ3n) is 7.97. The zero-order valence-corrected chi connectivity index (χ0v) is 28.5. The molecule has 0 spiro atoms. The van der Waals surface area contributed by atoms with Crippen molar-refractivity contribution < 1.29 is 61.4 Å². The molecule has 1 aliphatic carbocycles. The number of aliphatic hydroxyl groups is 2. The normalized spacial score (nSPS) is 25.9. The number of nitrogens with zero attached hydrogens (tertiary/aromatic N) is 4. The Morgan fingerprint density at radius 2 is 1.49 bits per heavy atom. The van der Waals surface area contributed by atoms with Crippen molar-refractivity contribution in [1.82, 2.24) is 24.8 Å². The Labute approximate surface area is 271 Å². The molecule has 4 rings (SSSR count). The number of imidazole rings is 1. The van der Waals surface area contributed by atoms with E-state index in [1.54, 1.807) is 0 Å². The monoisotopic (exact) mass is 730 g/mol. The third kappa shape index (κ3) is 12.2. The fourth-order valence-corrected chi connectivity index (χ4v) is 8.72. The molecule has 0 radical (unpaired) electrons. The highest BCUT2D eigenvalue weighted by Gasteiger charge is 2.47. The number of aliphatic hydroxyl groups excluding tert-OH is 2. The molecule has 268 valence electrons. The Morgan fingerprint density at radius 3 is 2.17 bits per heavy atom. The van der Waals surface area contributed by atoms with Gasteiger partial charge in [-0.15, -0.1) is 0 Å². The van der Waals surface area contributed by atoms with Gasteiger partial charge in [-0.2, -0.15) is 8.62 Å². The van der Waals surface area contributed by atoms with Crippen molar-refractivity contribution in [3.63, 3.8) is 0 Å². The van der Waals surface area contributed by atoms with Crippen LogP contribution in [0.2, 0.25) is 0 Å². The second-order valence-corrected chi connectivity index (χ2v) is 16.1. The van der Waals surface area contributed by atoms with E-state index >= 15 is 0 Å². The Hall–Kier alpha value is -1.40. The molecule has 22 heteroatoms. The molecule has 3 heterocycles. The lowest BCUT2D eigenvalue weighted by atomic mass is 10.0. The predicted octanol–water partition coefficient (Wildman–Crippen LogP) is 2.85. The summed E-state index contributed by atoms with van der Waals surface area (Å²) in [4.78, 5) is 49.1. The molecule has 1 saturated heterocycles. The Kier molecular flexibility index (Phi) is 14.3. The molecule has 4 unspecified atom stereocenters. The van der Waals surface area contributed by atoms with E-state index in [9.17, 15) is 33.7 Å². The van der Waals surface area contributed by atoms with Gasteiger partial charge >= 0.3 is 23.5 Å². The van der Waals surface area contributed by atoms with Crippen molar-refractivity contribution in [2.24, 2.45) is 0 Å². The summed E-state index contributed by atoms with van der Waals surface area (Å²) in [6.45, 7) is 0.744. The zero-order valence-electron chi connectivity index (χ0n) is 25.8. The van der Waals surface area contributed by atoms with Gasteiger partial charge in [0.2, 0.25) is 0 Å². The summed E-state index contributed by atoms with van der Waals surface area (Å²) >= 11 is 0. The van der Waals surface area contributed by atoms with E-state index in [-0.39, 0.29) is 5.65 Å². The Morgan fingerprint density at radius 1 is 0.830 bits per heavy atom. The number of hydrogen-bond acceptors (Lipinski definition) is 14. The van der Waals surface area contributed by atoms with Crippen molar-refractivity contribution in [3.8, 4) is 0 Å². The van der Waals surface area contributed by atoms with Crippen LogP contribution in [0.3, 0.4) is 0 Å². The number of hydrogen-bond donors (Lipinski definition) is 8. The molecule has 2 fully saturated rings. The average Bonchev–Trinajstić information content (AvgIpc) is 3.56. The maximum atomic E-state index is 12.1. The highest BCUT2D eigenvalue weighted by molar-refractivity contribution is 7.66. The Bertz CT molecular complexity index is 1420. The van der Waals surface area contributed by atoms with Gasteiger partial charge in [0.05, 0.1) is 12.9 Å². The molecule has 1 aliphatic heterocycles. The lowest BCUT2D eigenvalue weighted by molar-refractivity contribution is -0.0503. The number of aromatic nitrogens is 4. The number of nitrogens with one attached hydrogen (secondary N) is 2. The summed E-state index contributed by atoms with van der Waals surface area (Å²) in [6.07, 6.45) is 11.4. The van der Waals surface area contributed by atoms with Crippen LogP contribution in [-0.4, -0.2) is 93.4 Å². The topological polar surface area (TPSA) is 277 Å². The minimum absolute atomic E-state index is 0.267. The first-order valence-corrected chi connectivity index (χ1v) is 20.2. The quantitative estimate of drug-likeness (QED) is 0.0858. The van der Waals surface area contributed by atoms with Gasteiger partial charge < -0.3 is 45.2 Å². The molecule has 2 aliphatic rings. The van der Waals surface area contributed by atoms with E-state index in [0.29, 0.717) is 23.9 Å². The summed E-state index contributed by atoms with van der Waals surface area (Å²) in [5.74, 6) is 0.466. The first-order chi connectivity index (χ1) is 22.2. The largest absolute Gasteiger partial charge is 0.490 e. The lowest BCUT2D eigenvalue weighted by Crippen LogP contribution is -2.33. The number of phosphoric acid groups is 3. The maximum Gasteiger partial charge on any atom is 0.490 e. The molecule has 2 aromatic heterocycles. The van der Waals surface area contributed by atoms with Crippen LogP contribution in [0.1, 0.15) is 83.3 Å². The molecule has 47 heavy (non-hydrogen) atoms. The zero-order chi connectivity index (χ0) is 34.1. The molecule has 6 atom stereocenters. The minimum atomic E-state index is -5.72. The molecule has 1 saturated carbocycles. The van der Waals surface area contributed by atoms with E-state index in [0.717, 1.165) is 32.2 Å². The number of anilines is 1. The summed E-state index contributed by atoms with van der Waals surface area (Å²) in [5, 5.41) is 28.1. The van der Waals surface area contributed by atoms with Gasteiger partial charge in [0.25, 0.3) is 0 Å². The van der Waals surface area contributed by atoms with Crippen LogP contribution in [0.4, 0.5) is 5.82 Å². The molecule has 0 aromatic carbocycles. The molecule has 2 aromatic rings. The van der Waals surface area contributed by atoms with Crippen LogP contribution in [0.5, 0.6) is 0 Å². The lowest BCUT2D eigenvalue weighted by Gasteiger charge is -2.19. The molecule has 19 nitrogen and oxygen atoms in total. The van der Waals surface area contributed by atoms with E-state index in [2.05, 4.69) is 38.7 Å². The van der Waals surface area contributed by atoms with Crippen LogP contribution < -0.4 is 10.6 Å². The molecular weight excluding hydrogens is 685 g/mol. The second kappa shape index (κ2) is 17.5. The SMILES string of the molecule is O=P(O)(O)OP(=O)(O)OP(=O)(O)OC[C@H]1O[C@@H](n2cnc3c(NCCCCCCNC4CCCCCCCC4)ncnc32)C(O)C1O. The van der Waals surface area contributed by atoms with Gasteiger partial charge in [-0.05, 0) is 32.2 Å². The number of ether oxygens (including phenoxy) is 1. The molecule has 8 N–H and O–H groups in total. The van der Waals surface area contributed by atoms with Crippen LogP contribution >= 0.6 is 23.5 Å². The first kappa shape index (κ1) is 38.4. The van der Waals surface area contributed by atoms with Crippen LogP contribution in [0.25, 0.3) is 11.2 Å². The fourth-order valence-electron chi connectivity index (χ4n) is 5.69. The van der Waals surface area contributed by atoms with Crippen molar-refractivity contribution >= 4 is 40.4 Å². The van der Waals surface area contributed by atoms with Crippen molar-refractivity contribution in [2.75, 3.05) is 25.0 Å². The van der Waals surface area contributed by atoms with E-state index in [1.165, 1.54) is 68.6 Å². The second-order valence-electron chi connectivity index (χ2n) is 11.7. The number of fused-ring (bicyclic) bond motifs is 1. The van der Waals surface area contributed by atoms with Crippen LogP contribution in [-0.2, 0) is 31.6 Å². The summed E-state index contributed by atoms with van der Waals surface area (Å²) in [5.41, 5.74) is 0.650. The smallest absolute Gasteiger partial charge is 0.387 e. The van der Waals surface area contributed by atoms with Crippen molar-refractivity contribution in [1.29, 1.82) is 0 Å². The average molecular weight is 731 g/mol. The summed E-state index contributed by atoms with van der Waals surface area (Å²) < 4.78 is 53.2. The van der Waals surface area contributed by atoms with Gasteiger partial charge in [0.15, 0.2) is 23.2 Å². The van der Waals surface area contributed by atoms with Gasteiger partial charge in [-0.25, -0.2) is 28.6 Å². The van der Waals surface area contributed by atoms with E-state index < -0.39 is 54.6 Å². The highest BCUT2D eigenvalue weighted by atomic mass is 31.3. The van der Waals surface area contributed by atoms with E-state index in [1.807, 2.05) is 0 Å². The van der Waals surface area contributed by atoms with Gasteiger partial charge in [0, 0.05) is 12.6 Å². The van der Waals surface area contributed by atoms with Gasteiger partial charge in [-0.1, -0.05) is 51.4 Å². The van der Waals surface area contributed by atoms with Gasteiger partial charge in [0.1, 0.15) is 24.6 Å². The Balaban J connectivity index is 1.23. The van der Waals surface area contributed by atoms with Crippen LogP contribution in [0.15, 0.2) is 12.7 Å². The highest BCUT2D eigenvalue weighted by Crippen LogP contribution is 2.66. The standard InChI is InChI=1S/C25H45N6O13P3/c32-21-19(15-41-46(37,38)44-47(39,40)43-45(34,35)36)42-25(22(21)33)31-17-30-20-23(28-16-29-24(20)31)27-14-10-6-5-9-13-26-18-11-7-3-1-2-4-8-12-18/h16-19,21-22,25-26,32-33H,1-15H2,(H,37,38)(H,39,40)(H,27,28,29)(H2,34,35,36)/t19-,21?,22?,25-/m1/s1. The van der Waals surface area contributed by atoms with E-state index in [4.69, 9.17) is 14.5 Å². The first-order valence-electron chi connectivity index (χ1n) is 15.7. The fraction of sp³-hybridized carbons (Fsp3) is 0.800. The molecular formula is C25H45N6O13P3. The number of rotatable bonds is 17. The molecule has 0 bridgehead atoms. The number of phosphoric ester groups is 1. The van der Waals surface area contributed by atoms with Crippen molar-refractivity contribution in [3.05, 3.63) is 12.7 Å². The maximum absolute atomic E-state index is 12.1. The van der Waals surface area contributed by atoms with Crippen LogP contribution in [0, 0.1) is 0 Å². The van der Waals surface area contributed by atoms with Crippen molar-refractivity contribution in [2.45, 2.75) is 108 Å². The van der Waals surface area contributed by atoms with Gasteiger partial charge in [-0.3, -0.25) is 9.09 Å². The third-order valence-corrected chi connectivity index (χ3v) is 11.8. The molecule has 0 amide bonds. The number of unbranched alkanes of at least 4 members (excludes halogenated alkanes) is 3. The summed E-state index contributed by atoms with van der Waals surface area (Å²) in [6, 6.07) is 0.640.